The van der Waals surface area contributed by atoms with Gasteiger partial charge in [-0.1, -0.05) is 6.92 Å². The lowest BCUT2D eigenvalue weighted by Crippen LogP contribution is -2.13. The Morgan fingerprint density at radius 2 is 2.14 bits per heavy atom. The lowest BCUT2D eigenvalue weighted by atomic mass is 10.2. The lowest BCUT2D eigenvalue weighted by Gasteiger charge is -2.14. The molecular weight excluding hydrogens is 321 g/mol. The van der Waals surface area contributed by atoms with Crippen molar-refractivity contribution in [3.05, 3.63) is 34.2 Å². The number of rotatable bonds is 5. The molecule has 0 fully saturated rings. The van der Waals surface area contributed by atoms with E-state index in [0.717, 1.165) is 22.9 Å². The van der Waals surface area contributed by atoms with Crippen LogP contribution in [0.4, 0.5) is 19.0 Å². The van der Waals surface area contributed by atoms with E-state index in [1.54, 1.807) is 6.92 Å². The predicted molar refractivity (Wildman–Crippen MR) is 72.8 cm³/mol. The molecule has 2 rings (SSSR count). The largest absolute Gasteiger partial charge is 0.476 e. The van der Waals surface area contributed by atoms with Crippen LogP contribution < -0.4 is 5.32 Å². The van der Waals surface area contributed by atoms with Crippen LogP contribution in [0.15, 0.2) is 17.8 Å². The smallest absolute Gasteiger partial charge is 0.434 e. The number of halogens is 3. The molecule has 2 aromatic rings. The summed E-state index contributed by atoms with van der Waals surface area (Å²) in [6.07, 6.45) is -1.71. The zero-order valence-electron chi connectivity index (χ0n) is 11.3. The summed E-state index contributed by atoms with van der Waals surface area (Å²) in [6, 6.07) is -0.467. The molecule has 2 N–H and O–H groups in total. The van der Waals surface area contributed by atoms with Gasteiger partial charge < -0.3 is 10.4 Å². The zero-order valence-corrected chi connectivity index (χ0v) is 12.1. The van der Waals surface area contributed by atoms with Gasteiger partial charge in [-0.2, -0.15) is 13.2 Å². The van der Waals surface area contributed by atoms with E-state index in [2.05, 4.69) is 20.3 Å². The molecule has 118 valence electrons. The summed E-state index contributed by atoms with van der Waals surface area (Å²) in [7, 11) is 0. The van der Waals surface area contributed by atoms with Gasteiger partial charge in [0.05, 0.1) is 18.4 Å². The monoisotopic (exact) mass is 332 g/mol. The lowest BCUT2D eigenvalue weighted by molar-refractivity contribution is -0.140. The Labute approximate surface area is 127 Å². The van der Waals surface area contributed by atoms with Gasteiger partial charge in [-0.25, -0.2) is 19.7 Å². The van der Waals surface area contributed by atoms with Crippen molar-refractivity contribution in [1.82, 2.24) is 15.0 Å². The van der Waals surface area contributed by atoms with E-state index in [-0.39, 0.29) is 16.5 Å². The van der Waals surface area contributed by atoms with Crippen molar-refractivity contribution in [2.75, 3.05) is 5.32 Å². The normalized spacial score (nSPS) is 12.9. The average molecular weight is 332 g/mol. The van der Waals surface area contributed by atoms with Gasteiger partial charge in [-0.05, 0) is 6.42 Å². The fraction of sp³-hybridized carbons (Fsp3) is 0.333. The van der Waals surface area contributed by atoms with Crippen molar-refractivity contribution >= 4 is 23.1 Å². The minimum atomic E-state index is -4.48. The number of aromatic nitrogens is 3. The van der Waals surface area contributed by atoms with Crippen LogP contribution in [0, 0.1) is 0 Å². The van der Waals surface area contributed by atoms with Gasteiger partial charge in [-0.3, -0.25) is 0 Å². The molecular formula is C12H11F3N4O2S. The maximum absolute atomic E-state index is 12.6. The second-order valence-corrected chi connectivity index (χ2v) is 5.16. The van der Waals surface area contributed by atoms with Crippen LogP contribution in [-0.4, -0.2) is 26.0 Å². The zero-order chi connectivity index (χ0) is 16.3. The van der Waals surface area contributed by atoms with Crippen molar-refractivity contribution < 1.29 is 23.1 Å². The molecule has 22 heavy (non-hydrogen) atoms. The Balaban J connectivity index is 2.15. The molecule has 0 aromatic carbocycles. The fourth-order valence-corrected chi connectivity index (χ4v) is 2.57. The molecule has 0 aliphatic heterocycles. The summed E-state index contributed by atoms with van der Waals surface area (Å²) in [5, 5.41) is 12.8. The molecule has 1 unspecified atom stereocenters. The summed E-state index contributed by atoms with van der Waals surface area (Å²) in [4.78, 5) is 21.8. The van der Waals surface area contributed by atoms with Crippen LogP contribution in [-0.2, 0) is 6.18 Å². The number of aromatic carboxylic acids is 1. The number of carbonyl (C=O) groups is 1. The number of thiazole rings is 1. The molecule has 0 amide bonds. The maximum atomic E-state index is 12.6. The van der Waals surface area contributed by atoms with Crippen molar-refractivity contribution in [3.63, 3.8) is 0 Å². The highest BCUT2D eigenvalue weighted by Crippen LogP contribution is 2.33. The standard InChI is InChI=1S/C12H11F3N4O2S/c1-2-6(10-19-8(5-22-10)12(13,14)15)18-9-4-16-7(3-17-9)11(20)21/h3-6H,2H2,1H3,(H,17,18)(H,20,21). The first-order chi connectivity index (χ1) is 10.3. The van der Waals surface area contributed by atoms with E-state index in [1.807, 2.05) is 0 Å². The highest BCUT2D eigenvalue weighted by atomic mass is 32.1. The average Bonchev–Trinajstić information content (AvgIpc) is 2.95. The van der Waals surface area contributed by atoms with E-state index in [1.165, 1.54) is 6.20 Å². The van der Waals surface area contributed by atoms with Gasteiger partial charge in [0.1, 0.15) is 10.8 Å². The van der Waals surface area contributed by atoms with Gasteiger partial charge in [-0.15, -0.1) is 11.3 Å². The molecule has 2 aromatic heterocycles. The Bertz CT molecular complexity index is 657. The molecule has 0 spiro atoms. The van der Waals surface area contributed by atoms with Crippen LogP contribution in [0.25, 0.3) is 0 Å². The van der Waals surface area contributed by atoms with Gasteiger partial charge in [0.25, 0.3) is 0 Å². The van der Waals surface area contributed by atoms with E-state index >= 15 is 0 Å². The third kappa shape index (κ3) is 3.70. The summed E-state index contributed by atoms with van der Waals surface area (Å²) in [5.74, 6) is -0.943. The van der Waals surface area contributed by atoms with Crippen molar-refractivity contribution in [1.29, 1.82) is 0 Å². The first-order valence-corrected chi connectivity index (χ1v) is 7.03. The Kier molecular flexibility index (Phi) is 4.59. The molecule has 0 aliphatic carbocycles. The van der Waals surface area contributed by atoms with Gasteiger partial charge in [0.15, 0.2) is 11.4 Å². The first-order valence-electron chi connectivity index (χ1n) is 6.15. The summed E-state index contributed by atoms with van der Waals surface area (Å²) in [6.45, 7) is 1.78. The molecule has 0 saturated carbocycles. The molecule has 1 atom stereocenters. The van der Waals surface area contributed by atoms with Crippen molar-refractivity contribution in [3.8, 4) is 0 Å². The first kappa shape index (κ1) is 16.1. The summed E-state index contributed by atoms with van der Waals surface area (Å²) in [5.41, 5.74) is -1.15. The molecule has 0 bridgehead atoms. The number of carboxylic acids is 1. The molecule has 0 radical (unpaired) electrons. The quantitative estimate of drug-likeness (QED) is 0.874. The minimum Gasteiger partial charge on any atom is -0.476 e. The Morgan fingerprint density at radius 1 is 1.41 bits per heavy atom. The van der Waals surface area contributed by atoms with Crippen molar-refractivity contribution in [2.45, 2.75) is 25.6 Å². The van der Waals surface area contributed by atoms with Crippen LogP contribution in [0.3, 0.4) is 0 Å². The van der Waals surface area contributed by atoms with E-state index < -0.39 is 23.9 Å². The Morgan fingerprint density at radius 3 is 2.59 bits per heavy atom. The molecule has 6 nitrogen and oxygen atoms in total. The maximum Gasteiger partial charge on any atom is 0.434 e. The Hall–Kier alpha value is -2.23. The van der Waals surface area contributed by atoms with E-state index in [0.29, 0.717) is 6.42 Å². The van der Waals surface area contributed by atoms with Gasteiger partial charge in [0, 0.05) is 5.38 Å². The van der Waals surface area contributed by atoms with Crippen molar-refractivity contribution in [2.24, 2.45) is 0 Å². The topological polar surface area (TPSA) is 88.0 Å². The number of alkyl halides is 3. The number of nitrogens with zero attached hydrogens (tertiary/aromatic N) is 3. The molecule has 2 heterocycles. The second kappa shape index (κ2) is 6.26. The predicted octanol–water partition coefficient (Wildman–Crippen LogP) is 3.21. The van der Waals surface area contributed by atoms with E-state index in [4.69, 9.17) is 5.11 Å². The van der Waals surface area contributed by atoms with Crippen LogP contribution >= 0.6 is 11.3 Å². The number of nitrogens with one attached hydrogen (secondary N) is 1. The van der Waals surface area contributed by atoms with E-state index in [9.17, 15) is 18.0 Å². The van der Waals surface area contributed by atoms with Crippen LogP contribution in [0.1, 0.15) is 40.6 Å². The fourth-order valence-electron chi connectivity index (χ4n) is 1.61. The molecule has 0 aliphatic rings. The van der Waals surface area contributed by atoms with Crippen LogP contribution in [0.2, 0.25) is 0 Å². The number of hydrogen-bond donors (Lipinski definition) is 2. The van der Waals surface area contributed by atoms with Gasteiger partial charge in [0.2, 0.25) is 0 Å². The van der Waals surface area contributed by atoms with Crippen LogP contribution in [0.5, 0.6) is 0 Å². The number of carboxylic acid groups (broad SMARTS) is 1. The third-order valence-corrected chi connectivity index (χ3v) is 3.67. The highest BCUT2D eigenvalue weighted by Gasteiger charge is 2.34. The highest BCUT2D eigenvalue weighted by molar-refractivity contribution is 7.09. The molecule has 0 saturated heterocycles. The summed E-state index contributed by atoms with van der Waals surface area (Å²) < 4.78 is 37.7. The number of anilines is 1. The van der Waals surface area contributed by atoms with Gasteiger partial charge >= 0.3 is 12.1 Å². The summed E-state index contributed by atoms with van der Waals surface area (Å²) >= 11 is 0.900. The number of hydrogen-bond acceptors (Lipinski definition) is 6. The molecule has 10 heteroatoms. The third-order valence-electron chi connectivity index (χ3n) is 2.71. The SMILES string of the molecule is CCC(Nc1cnc(C(=O)O)cn1)c1nc(C(F)(F)F)cs1. The minimum absolute atomic E-state index is 0.216. The second-order valence-electron chi connectivity index (χ2n) is 4.27.